The van der Waals surface area contributed by atoms with Gasteiger partial charge in [0.05, 0.1) is 19.8 Å². The Balaban J connectivity index is 1.87. The van der Waals surface area contributed by atoms with Crippen molar-refractivity contribution in [1.29, 1.82) is 0 Å². The summed E-state index contributed by atoms with van der Waals surface area (Å²) in [6, 6.07) is 5.34. The number of halogens is 2. The third kappa shape index (κ3) is 4.17. The van der Waals surface area contributed by atoms with Crippen molar-refractivity contribution in [3.8, 4) is 0 Å². The Hall–Kier alpha value is -1.69. The first-order chi connectivity index (χ1) is 13.2. The van der Waals surface area contributed by atoms with Gasteiger partial charge >= 0.3 is 0 Å². The molecular formula is C16H15Cl2N3O5S2. The second-order valence-corrected chi connectivity index (χ2v) is 9.68. The number of hydroxylamine groups is 1. The van der Waals surface area contributed by atoms with Gasteiger partial charge in [-0.1, -0.05) is 29.3 Å². The van der Waals surface area contributed by atoms with Gasteiger partial charge in [0.1, 0.15) is 6.04 Å². The van der Waals surface area contributed by atoms with Crippen LogP contribution >= 0.6 is 34.5 Å². The zero-order valence-electron chi connectivity index (χ0n) is 14.1. The maximum absolute atomic E-state index is 13.0. The predicted octanol–water partition coefficient (Wildman–Crippen LogP) is 2.12. The van der Waals surface area contributed by atoms with E-state index in [1.165, 1.54) is 35.0 Å². The molecule has 2 heterocycles. The van der Waals surface area contributed by atoms with Crippen LogP contribution in [0.3, 0.4) is 0 Å². The van der Waals surface area contributed by atoms with Gasteiger partial charge < -0.3 is 5.32 Å². The lowest BCUT2D eigenvalue weighted by Gasteiger charge is -2.22. The van der Waals surface area contributed by atoms with Crippen molar-refractivity contribution < 1.29 is 23.2 Å². The molecule has 1 saturated heterocycles. The Kier molecular flexibility index (Phi) is 6.28. The first kappa shape index (κ1) is 21.0. The second-order valence-electron chi connectivity index (χ2n) is 6.03. The fraction of sp³-hybridized carbons (Fsp3) is 0.250. The van der Waals surface area contributed by atoms with Crippen molar-refractivity contribution in [2.75, 3.05) is 6.54 Å². The van der Waals surface area contributed by atoms with Crippen LogP contribution in [0.4, 0.5) is 0 Å². The Labute approximate surface area is 175 Å². The number of amides is 2. The first-order valence-electron chi connectivity index (χ1n) is 7.99. The Morgan fingerprint density at radius 3 is 2.57 bits per heavy atom. The molecule has 0 saturated carbocycles. The van der Waals surface area contributed by atoms with Crippen molar-refractivity contribution in [2.45, 2.75) is 23.4 Å². The van der Waals surface area contributed by atoms with Crippen LogP contribution in [0.5, 0.6) is 0 Å². The minimum absolute atomic E-state index is 0.00403. The highest BCUT2D eigenvalue weighted by Gasteiger charge is 2.44. The lowest BCUT2D eigenvalue weighted by atomic mass is 10.1. The molecule has 1 aromatic carbocycles. The number of nitrogens with zero attached hydrogens (tertiary/aromatic N) is 1. The molecule has 0 radical (unpaired) electrons. The molecule has 1 aliphatic rings. The molecule has 150 valence electrons. The van der Waals surface area contributed by atoms with Gasteiger partial charge in [-0.25, -0.2) is 13.9 Å². The molecule has 0 spiro atoms. The van der Waals surface area contributed by atoms with Crippen LogP contribution in [0.2, 0.25) is 10.0 Å². The summed E-state index contributed by atoms with van der Waals surface area (Å²) in [5.74, 6) is -1.26. The van der Waals surface area contributed by atoms with E-state index >= 15 is 0 Å². The first-order valence-corrected chi connectivity index (χ1v) is 11.1. The van der Waals surface area contributed by atoms with E-state index in [-0.39, 0.29) is 33.8 Å². The highest BCUT2D eigenvalue weighted by Crippen LogP contribution is 2.30. The van der Waals surface area contributed by atoms with E-state index in [4.69, 9.17) is 28.4 Å². The van der Waals surface area contributed by atoms with Gasteiger partial charge in [0.15, 0.2) is 0 Å². The van der Waals surface area contributed by atoms with Crippen LogP contribution in [0, 0.1) is 0 Å². The summed E-state index contributed by atoms with van der Waals surface area (Å²) in [5, 5.41) is 13.7. The molecule has 1 aliphatic heterocycles. The molecule has 3 rings (SSSR count). The minimum atomic E-state index is -4.14. The number of carbonyl (C=O) groups excluding carboxylic acids is 2. The number of nitrogens with one attached hydrogen (secondary N) is 2. The monoisotopic (exact) mass is 463 g/mol. The second kappa shape index (κ2) is 8.36. The number of hydrogen-bond acceptors (Lipinski definition) is 6. The Bertz CT molecular complexity index is 998. The average Bonchev–Trinajstić information content (AvgIpc) is 3.33. The fourth-order valence-electron chi connectivity index (χ4n) is 2.93. The van der Waals surface area contributed by atoms with E-state index < -0.39 is 28.0 Å². The third-order valence-electron chi connectivity index (χ3n) is 4.25. The van der Waals surface area contributed by atoms with Crippen LogP contribution in [0.15, 0.2) is 40.6 Å². The molecule has 28 heavy (non-hydrogen) atoms. The Morgan fingerprint density at radius 1 is 1.21 bits per heavy atom. The summed E-state index contributed by atoms with van der Waals surface area (Å²) >= 11 is 13.0. The van der Waals surface area contributed by atoms with Crippen LogP contribution in [0.1, 0.15) is 16.1 Å². The van der Waals surface area contributed by atoms with Crippen molar-refractivity contribution in [1.82, 2.24) is 15.1 Å². The van der Waals surface area contributed by atoms with E-state index in [9.17, 15) is 18.0 Å². The molecule has 2 atom stereocenters. The summed E-state index contributed by atoms with van der Waals surface area (Å²) in [5.41, 5.74) is 1.48. The molecule has 8 nitrogen and oxygen atoms in total. The molecular weight excluding hydrogens is 449 g/mol. The highest BCUT2D eigenvalue weighted by atomic mass is 35.5. The van der Waals surface area contributed by atoms with Crippen molar-refractivity contribution >= 4 is 56.4 Å². The molecule has 1 unspecified atom stereocenters. The van der Waals surface area contributed by atoms with E-state index in [2.05, 4.69) is 5.32 Å². The van der Waals surface area contributed by atoms with Crippen LogP contribution in [-0.2, 0) is 14.8 Å². The summed E-state index contributed by atoms with van der Waals surface area (Å²) in [4.78, 5) is 24.6. The number of rotatable bonds is 5. The van der Waals surface area contributed by atoms with E-state index in [1.54, 1.807) is 17.5 Å². The van der Waals surface area contributed by atoms with Gasteiger partial charge in [0.2, 0.25) is 10.0 Å². The fourth-order valence-corrected chi connectivity index (χ4v) is 5.59. The van der Waals surface area contributed by atoms with Crippen molar-refractivity contribution in [3.05, 3.63) is 50.6 Å². The molecule has 12 heteroatoms. The molecule has 0 bridgehead atoms. The third-order valence-corrected chi connectivity index (χ3v) is 7.72. The SMILES string of the molecule is O=C(N[C@H]1CC(C(=O)NO)N(S(=O)(=O)c2ccc(Cl)c(Cl)c2)C1)c1cccs1. The molecule has 2 aromatic rings. The van der Waals surface area contributed by atoms with Gasteiger partial charge in [-0.05, 0) is 36.1 Å². The van der Waals surface area contributed by atoms with E-state index in [1.807, 2.05) is 0 Å². The Morgan fingerprint density at radius 2 is 1.96 bits per heavy atom. The predicted molar refractivity (Wildman–Crippen MR) is 104 cm³/mol. The average molecular weight is 464 g/mol. The number of hydrogen-bond donors (Lipinski definition) is 3. The molecule has 1 fully saturated rings. The number of thiophene rings is 1. The van der Waals surface area contributed by atoms with Gasteiger partial charge in [-0.3, -0.25) is 14.8 Å². The topological polar surface area (TPSA) is 116 Å². The zero-order valence-corrected chi connectivity index (χ0v) is 17.3. The van der Waals surface area contributed by atoms with E-state index in [0.717, 1.165) is 4.31 Å². The summed E-state index contributed by atoms with van der Waals surface area (Å²) in [6.07, 6.45) is 0.00403. The normalized spacial score (nSPS) is 20.1. The smallest absolute Gasteiger partial charge is 0.261 e. The van der Waals surface area contributed by atoms with Crippen molar-refractivity contribution in [2.24, 2.45) is 0 Å². The largest absolute Gasteiger partial charge is 0.347 e. The van der Waals surface area contributed by atoms with Gasteiger partial charge in [-0.2, -0.15) is 4.31 Å². The highest BCUT2D eigenvalue weighted by molar-refractivity contribution is 7.89. The number of carbonyl (C=O) groups is 2. The summed E-state index contributed by atoms with van der Waals surface area (Å²) < 4.78 is 27.0. The lowest BCUT2D eigenvalue weighted by Crippen LogP contribution is -2.45. The minimum Gasteiger partial charge on any atom is -0.347 e. The van der Waals surface area contributed by atoms with Crippen LogP contribution in [-0.4, -0.2) is 48.4 Å². The zero-order chi connectivity index (χ0) is 20.5. The summed E-state index contributed by atoms with van der Waals surface area (Å²) in [7, 11) is -4.14. The number of sulfonamides is 1. The van der Waals surface area contributed by atoms with Gasteiger partial charge in [0, 0.05) is 12.6 Å². The summed E-state index contributed by atoms with van der Waals surface area (Å²) in [6.45, 7) is -0.141. The molecule has 2 amide bonds. The van der Waals surface area contributed by atoms with Gasteiger partial charge in [-0.15, -0.1) is 11.3 Å². The van der Waals surface area contributed by atoms with Crippen LogP contribution in [0.25, 0.3) is 0 Å². The quantitative estimate of drug-likeness (QED) is 0.463. The van der Waals surface area contributed by atoms with Gasteiger partial charge in [0.25, 0.3) is 11.8 Å². The maximum atomic E-state index is 13.0. The lowest BCUT2D eigenvalue weighted by molar-refractivity contribution is -0.132. The van der Waals surface area contributed by atoms with Crippen LogP contribution < -0.4 is 10.8 Å². The molecule has 0 aliphatic carbocycles. The standard InChI is InChI=1S/C16H15Cl2N3O5S2/c17-11-4-3-10(7-12(11)18)28(25,26)21-8-9(6-13(21)15(22)20-24)19-16(23)14-2-1-5-27-14/h1-5,7,9,13,24H,6,8H2,(H,19,23)(H,20,22)/t9-,13?/m0/s1. The number of benzene rings is 1. The van der Waals surface area contributed by atoms with E-state index in [0.29, 0.717) is 4.88 Å². The van der Waals surface area contributed by atoms with Crippen molar-refractivity contribution in [3.63, 3.8) is 0 Å². The molecule has 1 aromatic heterocycles. The molecule has 3 N–H and O–H groups in total. The maximum Gasteiger partial charge on any atom is 0.261 e.